The van der Waals surface area contributed by atoms with Crippen LogP contribution in [0.1, 0.15) is 37.0 Å². The number of para-hydroxylation sites is 1. The zero-order valence-electron chi connectivity index (χ0n) is 11.7. The zero-order valence-corrected chi connectivity index (χ0v) is 11.7. The minimum atomic E-state index is -0.920. The van der Waals surface area contributed by atoms with E-state index in [1.807, 2.05) is 18.2 Å². The summed E-state index contributed by atoms with van der Waals surface area (Å²) < 4.78 is 0. The van der Waals surface area contributed by atoms with Crippen LogP contribution >= 0.6 is 0 Å². The fourth-order valence-corrected chi connectivity index (χ4v) is 2.65. The number of carboxylic acid groups (broad SMARTS) is 1. The number of aromatic carboxylic acids is 1. The van der Waals surface area contributed by atoms with E-state index in [4.69, 9.17) is 0 Å². The molecule has 0 aliphatic heterocycles. The Kier molecular flexibility index (Phi) is 2.89. The molecule has 0 saturated heterocycles. The van der Waals surface area contributed by atoms with Crippen LogP contribution in [0.15, 0.2) is 30.3 Å². The zero-order chi connectivity index (χ0) is 14.3. The molecule has 2 N–H and O–H groups in total. The van der Waals surface area contributed by atoms with Crippen molar-refractivity contribution in [2.45, 2.75) is 32.2 Å². The van der Waals surface area contributed by atoms with Crippen molar-refractivity contribution in [2.75, 3.05) is 5.32 Å². The number of hydrogen-bond acceptors (Lipinski definition) is 3. The number of carboxylic acids is 1. The van der Waals surface area contributed by atoms with Crippen LogP contribution in [0.5, 0.6) is 0 Å². The third-order valence-electron chi connectivity index (χ3n) is 3.99. The van der Waals surface area contributed by atoms with Gasteiger partial charge in [0.15, 0.2) is 0 Å². The van der Waals surface area contributed by atoms with Gasteiger partial charge in [-0.05, 0) is 44.7 Å². The van der Waals surface area contributed by atoms with Crippen molar-refractivity contribution >= 4 is 22.7 Å². The quantitative estimate of drug-likeness (QED) is 0.892. The first-order valence-corrected chi connectivity index (χ1v) is 6.88. The Morgan fingerprint density at radius 2 is 2.05 bits per heavy atom. The minimum Gasteiger partial charge on any atom is -0.478 e. The molecule has 1 fully saturated rings. The fourth-order valence-electron chi connectivity index (χ4n) is 2.65. The van der Waals surface area contributed by atoms with Crippen LogP contribution in [0.2, 0.25) is 0 Å². The number of aromatic nitrogens is 1. The van der Waals surface area contributed by atoms with E-state index < -0.39 is 5.97 Å². The first kappa shape index (κ1) is 12.9. The Morgan fingerprint density at radius 1 is 1.35 bits per heavy atom. The fraction of sp³-hybridized carbons (Fsp3) is 0.375. The van der Waals surface area contributed by atoms with E-state index in [1.54, 1.807) is 12.1 Å². The molecule has 104 valence electrons. The molecule has 2 aromatic rings. The highest BCUT2D eigenvalue weighted by Crippen LogP contribution is 2.41. The minimum absolute atomic E-state index is 0.0504. The molecule has 1 heterocycles. The molecule has 0 atom stereocenters. The molecule has 0 unspecified atom stereocenters. The number of carbonyl (C=O) groups is 1. The van der Waals surface area contributed by atoms with Crippen LogP contribution in [0.4, 0.5) is 5.82 Å². The molecule has 1 aliphatic rings. The van der Waals surface area contributed by atoms with Gasteiger partial charge in [-0.2, -0.15) is 0 Å². The molecule has 1 aromatic heterocycles. The van der Waals surface area contributed by atoms with Crippen molar-refractivity contribution < 1.29 is 9.90 Å². The smallest absolute Gasteiger partial charge is 0.336 e. The Labute approximate surface area is 117 Å². The normalized spacial score (nSPS) is 15.3. The molecule has 20 heavy (non-hydrogen) atoms. The summed E-state index contributed by atoms with van der Waals surface area (Å²) in [7, 11) is 0. The summed E-state index contributed by atoms with van der Waals surface area (Å²) in [6, 6.07) is 8.97. The number of rotatable bonds is 4. The Morgan fingerprint density at radius 3 is 2.70 bits per heavy atom. The molecule has 4 nitrogen and oxygen atoms in total. The summed E-state index contributed by atoms with van der Waals surface area (Å²) in [4.78, 5) is 16.0. The molecule has 1 saturated carbocycles. The van der Waals surface area contributed by atoms with E-state index in [0.717, 1.165) is 0 Å². The number of fused-ring (bicyclic) bond motifs is 1. The lowest BCUT2D eigenvalue weighted by atomic mass is 9.98. The van der Waals surface area contributed by atoms with Gasteiger partial charge in [0.25, 0.3) is 0 Å². The molecule has 3 rings (SSSR count). The number of nitrogens with zero attached hydrogens (tertiary/aromatic N) is 1. The lowest BCUT2D eigenvalue weighted by Gasteiger charge is -2.27. The molecule has 0 bridgehead atoms. The van der Waals surface area contributed by atoms with Gasteiger partial charge in [-0.15, -0.1) is 0 Å². The van der Waals surface area contributed by atoms with Gasteiger partial charge in [-0.3, -0.25) is 0 Å². The van der Waals surface area contributed by atoms with E-state index >= 15 is 0 Å². The first-order chi connectivity index (χ1) is 9.47. The van der Waals surface area contributed by atoms with Crippen LogP contribution in [-0.4, -0.2) is 21.6 Å². The van der Waals surface area contributed by atoms with Gasteiger partial charge >= 0.3 is 5.97 Å². The van der Waals surface area contributed by atoms with Gasteiger partial charge in [-0.25, -0.2) is 9.78 Å². The molecule has 0 spiro atoms. The van der Waals surface area contributed by atoms with E-state index in [1.165, 1.54) is 12.8 Å². The highest BCUT2D eigenvalue weighted by molar-refractivity contribution is 6.03. The summed E-state index contributed by atoms with van der Waals surface area (Å²) in [5.74, 6) is 0.359. The summed E-state index contributed by atoms with van der Waals surface area (Å²) in [6.07, 6.45) is 2.44. The Hall–Kier alpha value is -2.10. The average molecular weight is 270 g/mol. The lowest BCUT2D eigenvalue weighted by molar-refractivity contribution is 0.0699. The second kappa shape index (κ2) is 4.47. The Balaban J connectivity index is 2.05. The largest absolute Gasteiger partial charge is 0.478 e. The van der Waals surface area contributed by atoms with Crippen LogP contribution in [0.3, 0.4) is 0 Å². The number of hydrogen-bond donors (Lipinski definition) is 2. The van der Waals surface area contributed by atoms with E-state index in [2.05, 4.69) is 24.1 Å². The third-order valence-corrected chi connectivity index (χ3v) is 3.99. The number of anilines is 1. The highest BCUT2D eigenvalue weighted by Gasteiger charge is 2.38. The van der Waals surface area contributed by atoms with E-state index in [-0.39, 0.29) is 5.54 Å². The second-order valence-electron chi connectivity index (χ2n) is 6.00. The summed E-state index contributed by atoms with van der Waals surface area (Å²) in [5, 5.41) is 13.4. The topological polar surface area (TPSA) is 62.2 Å². The lowest BCUT2D eigenvalue weighted by Crippen LogP contribution is -2.33. The summed E-state index contributed by atoms with van der Waals surface area (Å²) in [5.41, 5.74) is 0.955. The van der Waals surface area contributed by atoms with Crippen LogP contribution in [-0.2, 0) is 0 Å². The van der Waals surface area contributed by atoms with Crippen molar-refractivity contribution in [3.63, 3.8) is 0 Å². The third kappa shape index (κ3) is 2.33. The van der Waals surface area contributed by atoms with Gasteiger partial charge < -0.3 is 10.4 Å². The first-order valence-electron chi connectivity index (χ1n) is 6.88. The van der Waals surface area contributed by atoms with Crippen molar-refractivity contribution in [3.05, 3.63) is 35.9 Å². The SMILES string of the molecule is CC(C)(Nc1cc(C(=O)O)c2ccccc2n1)C1CC1. The van der Waals surface area contributed by atoms with Crippen molar-refractivity contribution in [1.82, 2.24) is 4.98 Å². The maximum Gasteiger partial charge on any atom is 0.336 e. The molecule has 1 aliphatic carbocycles. The van der Waals surface area contributed by atoms with Crippen molar-refractivity contribution in [2.24, 2.45) is 5.92 Å². The van der Waals surface area contributed by atoms with Crippen LogP contribution in [0.25, 0.3) is 10.9 Å². The van der Waals surface area contributed by atoms with Crippen LogP contribution < -0.4 is 5.32 Å². The van der Waals surface area contributed by atoms with Gasteiger partial charge in [0.2, 0.25) is 0 Å². The standard InChI is InChI=1S/C16H18N2O2/c1-16(2,10-7-8-10)18-14-9-12(15(19)20)11-5-3-4-6-13(11)17-14/h3-6,9-10H,7-8H2,1-2H3,(H,17,18)(H,19,20). The Bertz CT molecular complexity index is 675. The van der Waals surface area contributed by atoms with Crippen LogP contribution in [0, 0.1) is 5.92 Å². The summed E-state index contributed by atoms with van der Waals surface area (Å²) in [6.45, 7) is 4.28. The molecule has 1 aromatic carbocycles. The van der Waals surface area contributed by atoms with E-state index in [0.29, 0.717) is 28.2 Å². The molecule has 0 amide bonds. The predicted molar refractivity (Wildman–Crippen MR) is 79.1 cm³/mol. The average Bonchev–Trinajstić information content (AvgIpc) is 3.21. The molecule has 0 radical (unpaired) electrons. The van der Waals surface area contributed by atoms with Crippen molar-refractivity contribution in [1.29, 1.82) is 0 Å². The van der Waals surface area contributed by atoms with Gasteiger partial charge in [0, 0.05) is 10.9 Å². The van der Waals surface area contributed by atoms with Crippen molar-refractivity contribution in [3.8, 4) is 0 Å². The highest BCUT2D eigenvalue weighted by atomic mass is 16.4. The summed E-state index contributed by atoms with van der Waals surface area (Å²) >= 11 is 0. The number of pyridine rings is 1. The maximum absolute atomic E-state index is 11.4. The second-order valence-corrected chi connectivity index (χ2v) is 6.00. The maximum atomic E-state index is 11.4. The van der Waals surface area contributed by atoms with Gasteiger partial charge in [-0.1, -0.05) is 18.2 Å². The number of benzene rings is 1. The van der Waals surface area contributed by atoms with Gasteiger partial charge in [0.05, 0.1) is 11.1 Å². The monoisotopic (exact) mass is 270 g/mol. The number of nitrogens with one attached hydrogen (secondary N) is 1. The molecular formula is C16H18N2O2. The van der Waals surface area contributed by atoms with E-state index in [9.17, 15) is 9.90 Å². The molecular weight excluding hydrogens is 252 g/mol. The molecule has 4 heteroatoms. The predicted octanol–water partition coefficient (Wildman–Crippen LogP) is 3.53. The van der Waals surface area contributed by atoms with Gasteiger partial charge in [0.1, 0.15) is 5.82 Å².